The Morgan fingerprint density at radius 3 is 3.11 bits per heavy atom. The lowest BCUT2D eigenvalue weighted by Gasteiger charge is -1.98. The zero-order chi connectivity index (χ0) is 13.1. The zero-order valence-electron chi connectivity index (χ0n) is 10.7. The van der Waals surface area contributed by atoms with Gasteiger partial charge in [-0.3, -0.25) is 4.98 Å². The van der Waals surface area contributed by atoms with Gasteiger partial charge in [0.1, 0.15) is 0 Å². The number of fused-ring (bicyclic) bond motifs is 1. The minimum atomic E-state index is 0.901. The van der Waals surface area contributed by atoms with E-state index in [0.29, 0.717) is 0 Å². The Hall–Kier alpha value is -1.95. The SMILES string of the molecule is CCCCNc1nn2cc(-c3cccnc3)nc2s1. The molecule has 98 valence electrons. The van der Waals surface area contributed by atoms with E-state index < -0.39 is 0 Å². The third-order valence-corrected chi connectivity index (χ3v) is 3.69. The van der Waals surface area contributed by atoms with Crippen LogP contribution in [0.25, 0.3) is 16.2 Å². The van der Waals surface area contributed by atoms with E-state index >= 15 is 0 Å². The van der Waals surface area contributed by atoms with Crippen molar-refractivity contribution in [2.24, 2.45) is 0 Å². The van der Waals surface area contributed by atoms with E-state index in [9.17, 15) is 0 Å². The number of anilines is 1. The largest absolute Gasteiger partial charge is 0.360 e. The summed E-state index contributed by atoms with van der Waals surface area (Å²) in [7, 11) is 0. The summed E-state index contributed by atoms with van der Waals surface area (Å²) >= 11 is 1.57. The van der Waals surface area contributed by atoms with E-state index in [0.717, 1.165) is 34.3 Å². The molecule has 6 heteroatoms. The fourth-order valence-electron chi connectivity index (χ4n) is 1.80. The molecule has 1 N–H and O–H groups in total. The van der Waals surface area contributed by atoms with Crippen LogP contribution in [0.15, 0.2) is 30.7 Å². The number of unbranched alkanes of at least 4 members (excludes halogenated alkanes) is 1. The van der Waals surface area contributed by atoms with Crippen molar-refractivity contribution in [3.8, 4) is 11.3 Å². The number of nitrogens with zero attached hydrogens (tertiary/aromatic N) is 4. The van der Waals surface area contributed by atoms with Gasteiger partial charge in [0, 0.05) is 24.5 Å². The molecule has 3 aromatic rings. The van der Waals surface area contributed by atoms with E-state index in [1.807, 2.05) is 29.0 Å². The van der Waals surface area contributed by atoms with Gasteiger partial charge in [0.15, 0.2) is 0 Å². The van der Waals surface area contributed by atoms with Gasteiger partial charge < -0.3 is 5.32 Å². The fourth-order valence-corrected chi connectivity index (χ4v) is 2.60. The predicted molar refractivity (Wildman–Crippen MR) is 77.5 cm³/mol. The molecule has 0 radical (unpaired) electrons. The Kier molecular flexibility index (Phi) is 3.41. The van der Waals surface area contributed by atoms with Gasteiger partial charge in [0.05, 0.1) is 11.9 Å². The van der Waals surface area contributed by atoms with Crippen molar-refractivity contribution in [2.75, 3.05) is 11.9 Å². The van der Waals surface area contributed by atoms with Crippen LogP contribution in [0.1, 0.15) is 19.8 Å². The average molecular weight is 273 g/mol. The molecule has 0 spiro atoms. The van der Waals surface area contributed by atoms with Crippen molar-refractivity contribution in [3.63, 3.8) is 0 Å². The standard InChI is InChI=1S/C13H15N5S/c1-2-3-7-15-12-17-18-9-11(16-13(18)19-12)10-5-4-6-14-8-10/h4-6,8-9H,2-3,7H2,1H3,(H,15,17). The Morgan fingerprint density at radius 2 is 2.37 bits per heavy atom. The Morgan fingerprint density at radius 1 is 1.42 bits per heavy atom. The fraction of sp³-hybridized carbons (Fsp3) is 0.308. The summed E-state index contributed by atoms with van der Waals surface area (Å²) in [4.78, 5) is 9.58. The van der Waals surface area contributed by atoms with Gasteiger partial charge >= 0.3 is 0 Å². The third-order valence-electron chi connectivity index (χ3n) is 2.81. The highest BCUT2D eigenvalue weighted by molar-refractivity contribution is 7.20. The van der Waals surface area contributed by atoms with Gasteiger partial charge in [-0.2, -0.15) is 0 Å². The molecule has 0 fully saturated rings. The van der Waals surface area contributed by atoms with Gasteiger partial charge in [-0.05, 0) is 18.6 Å². The minimum absolute atomic E-state index is 0.901. The smallest absolute Gasteiger partial charge is 0.214 e. The first-order valence-electron chi connectivity index (χ1n) is 6.37. The molecule has 19 heavy (non-hydrogen) atoms. The molecule has 0 saturated heterocycles. The van der Waals surface area contributed by atoms with Crippen molar-refractivity contribution in [1.29, 1.82) is 0 Å². The third kappa shape index (κ3) is 2.58. The van der Waals surface area contributed by atoms with Crippen molar-refractivity contribution < 1.29 is 0 Å². The molecule has 0 atom stereocenters. The molecule has 0 aliphatic carbocycles. The van der Waals surface area contributed by atoms with Gasteiger partial charge in [-0.1, -0.05) is 24.7 Å². The molecule has 3 rings (SSSR count). The van der Waals surface area contributed by atoms with Gasteiger partial charge in [-0.25, -0.2) is 9.50 Å². The average Bonchev–Trinajstić information content (AvgIpc) is 2.98. The number of aromatic nitrogens is 4. The number of imidazole rings is 1. The van der Waals surface area contributed by atoms with Crippen LogP contribution in [-0.2, 0) is 0 Å². The van der Waals surface area contributed by atoms with Gasteiger partial charge in [-0.15, -0.1) is 5.10 Å². The molecule has 3 aromatic heterocycles. The van der Waals surface area contributed by atoms with E-state index in [1.54, 1.807) is 17.5 Å². The van der Waals surface area contributed by atoms with Crippen LogP contribution in [0.3, 0.4) is 0 Å². The van der Waals surface area contributed by atoms with E-state index in [2.05, 4.69) is 27.3 Å². The summed E-state index contributed by atoms with van der Waals surface area (Å²) in [6.07, 6.45) is 7.85. The normalized spacial score (nSPS) is 11.0. The molecule has 5 nitrogen and oxygen atoms in total. The maximum absolute atomic E-state index is 4.57. The summed E-state index contributed by atoms with van der Waals surface area (Å²) < 4.78 is 1.82. The number of pyridine rings is 1. The second-order valence-electron chi connectivity index (χ2n) is 4.28. The minimum Gasteiger partial charge on any atom is -0.360 e. The van der Waals surface area contributed by atoms with Crippen molar-refractivity contribution >= 4 is 21.4 Å². The van der Waals surface area contributed by atoms with E-state index in [4.69, 9.17) is 0 Å². The molecular formula is C13H15N5S. The molecule has 0 aromatic carbocycles. The monoisotopic (exact) mass is 273 g/mol. The second kappa shape index (κ2) is 5.36. The molecule has 3 heterocycles. The zero-order valence-corrected chi connectivity index (χ0v) is 11.5. The summed E-state index contributed by atoms with van der Waals surface area (Å²) in [5.41, 5.74) is 1.92. The van der Waals surface area contributed by atoms with Crippen LogP contribution in [0, 0.1) is 0 Å². The summed E-state index contributed by atoms with van der Waals surface area (Å²) in [6, 6.07) is 3.91. The first-order chi connectivity index (χ1) is 9.36. The highest BCUT2D eigenvalue weighted by Crippen LogP contribution is 2.23. The van der Waals surface area contributed by atoms with Crippen LogP contribution in [0.4, 0.5) is 5.13 Å². The van der Waals surface area contributed by atoms with E-state index in [-0.39, 0.29) is 0 Å². The van der Waals surface area contributed by atoms with Crippen LogP contribution < -0.4 is 5.32 Å². The van der Waals surface area contributed by atoms with Gasteiger partial charge in [0.25, 0.3) is 0 Å². The molecule has 0 unspecified atom stereocenters. The first-order valence-corrected chi connectivity index (χ1v) is 7.19. The van der Waals surface area contributed by atoms with Crippen LogP contribution in [0.5, 0.6) is 0 Å². The van der Waals surface area contributed by atoms with Crippen LogP contribution in [-0.4, -0.2) is 26.1 Å². The highest BCUT2D eigenvalue weighted by Gasteiger charge is 2.09. The van der Waals surface area contributed by atoms with Crippen molar-refractivity contribution in [1.82, 2.24) is 19.6 Å². The molecule has 0 bridgehead atoms. The van der Waals surface area contributed by atoms with Crippen LogP contribution >= 0.6 is 11.3 Å². The second-order valence-corrected chi connectivity index (χ2v) is 5.24. The number of hydrogen-bond acceptors (Lipinski definition) is 5. The molecule has 0 saturated carbocycles. The Bertz CT molecular complexity index is 627. The summed E-state index contributed by atoms with van der Waals surface area (Å²) in [6.45, 7) is 3.14. The van der Waals surface area contributed by atoms with Gasteiger partial charge in [0.2, 0.25) is 10.1 Å². The molecule has 0 amide bonds. The predicted octanol–water partition coefficient (Wildman–Crippen LogP) is 3.06. The molecule has 0 aliphatic heterocycles. The van der Waals surface area contributed by atoms with Crippen LogP contribution in [0.2, 0.25) is 0 Å². The summed E-state index contributed by atoms with van der Waals surface area (Å²) in [5.74, 6) is 0. The maximum atomic E-state index is 4.57. The Balaban J connectivity index is 1.82. The topological polar surface area (TPSA) is 55.1 Å². The molecular weight excluding hydrogens is 258 g/mol. The number of nitrogens with one attached hydrogen (secondary N) is 1. The Labute approximate surface area is 115 Å². The lowest BCUT2D eigenvalue weighted by atomic mass is 10.2. The number of rotatable bonds is 5. The molecule has 0 aliphatic rings. The lowest BCUT2D eigenvalue weighted by molar-refractivity contribution is 0.828. The lowest BCUT2D eigenvalue weighted by Crippen LogP contribution is -2.00. The maximum Gasteiger partial charge on any atom is 0.214 e. The van der Waals surface area contributed by atoms with E-state index in [1.165, 1.54) is 6.42 Å². The summed E-state index contributed by atoms with van der Waals surface area (Å²) in [5, 5.41) is 8.71. The van der Waals surface area contributed by atoms with Crippen molar-refractivity contribution in [2.45, 2.75) is 19.8 Å². The number of hydrogen-bond donors (Lipinski definition) is 1. The quantitative estimate of drug-likeness (QED) is 0.726. The first kappa shape index (κ1) is 12.1. The van der Waals surface area contributed by atoms with Crippen molar-refractivity contribution in [3.05, 3.63) is 30.7 Å². The highest BCUT2D eigenvalue weighted by atomic mass is 32.1.